The lowest BCUT2D eigenvalue weighted by Gasteiger charge is -2.07. The van der Waals surface area contributed by atoms with Gasteiger partial charge in [-0.05, 0) is 43.7 Å². The van der Waals surface area contributed by atoms with Crippen LogP contribution in [0.25, 0.3) is 0 Å². The summed E-state index contributed by atoms with van der Waals surface area (Å²) in [4.78, 5) is 27.4. The Kier molecular flexibility index (Phi) is 4.66. The summed E-state index contributed by atoms with van der Waals surface area (Å²) in [5, 5.41) is 2.67. The largest absolute Gasteiger partial charge is 0.452 e. The minimum absolute atomic E-state index is 0.323. The number of carbonyl (C=O) groups excluding carboxylic acids is 2. The van der Waals surface area contributed by atoms with Crippen molar-refractivity contribution in [3.63, 3.8) is 0 Å². The number of anilines is 1. The van der Waals surface area contributed by atoms with E-state index in [1.165, 1.54) is 6.20 Å². The van der Waals surface area contributed by atoms with Crippen LogP contribution in [0.5, 0.6) is 0 Å². The Morgan fingerprint density at radius 3 is 2.67 bits per heavy atom. The molecule has 1 aromatic carbocycles. The van der Waals surface area contributed by atoms with Crippen LogP contribution in [0.1, 0.15) is 21.6 Å². The van der Waals surface area contributed by atoms with Crippen molar-refractivity contribution in [3.05, 3.63) is 59.4 Å². The molecule has 0 bridgehead atoms. The van der Waals surface area contributed by atoms with Gasteiger partial charge >= 0.3 is 5.97 Å². The number of esters is 1. The van der Waals surface area contributed by atoms with E-state index in [0.29, 0.717) is 11.3 Å². The number of rotatable bonds is 4. The highest BCUT2D eigenvalue weighted by Crippen LogP contribution is 2.09. The smallest absolute Gasteiger partial charge is 0.340 e. The number of benzene rings is 1. The zero-order valence-electron chi connectivity index (χ0n) is 11.9. The quantitative estimate of drug-likeness (QED) is 0.876. The Morgan fingerprint density at radius 1 is 1.19 bits per heavy atom. The minimum atomic E-state index is -0.568. The second-order valence-electron chi connectivity index (χ2n) is 4.68. The Bertz CT molecular complexity index is 651. The van der Waals surface area contributed by atoms with Crippen molar-refractivity contribution >= 4 is 17.6 Å². The van der Waals surface area contributed by atoms with Crippen molar-refractivity contribution in [2.24, 2.45) is 0 Å². The molecule has 0 unspecified atom stereocenters. The molecule has 0 aliphatic carbocycles. The lowest BCUT2D eigenvalue weighted by atomic mass is 10.2. The first kappa shape index (κ1) is 14.7. The van der Waals surface area contributed by atoms with Gasteiger partial charge in [-0.25, -0.2) is 4.79 Å². The van der Waals surface area contributed by atoms with Gasteiger partial charge in [-0.1, -0.05) is 12.1 Å². The Morgan fingerprint density at radius 2 is 2.00 bits per heavy atom. The van der Waals surface area contributed by atoms with E-state index in [-0.39, 0.29) is 12.5 Å². The van der Waals surface area contributed by atoms with E-state index in [4.69, 9.17) is 4.74 Å². The van der Waals surface area contributed by atoms with Crippen LogP contribution < -0.4 is 5.32 Å². The van der Waals surface area contributed by atoms with Gasteiger partial charge in [-0.15, -0.1) is 0 Å². The van der Waals surface area contributed by atoms with Crippen molar-refractivity contribution in [2.45, 2.75) is 13.8 Å². The number of amides is 1. The van der Waals surface area contributed by atoms with Gasteiger partial charge in [0.1, 0.15) is 0 Å². The van der Waals surface area contributed by atoms with Gasteiger partial charge < -0.3 is 10.1 Å². The summed E-state index contributed by atoms with van der Waals surface area (Å²) in [5.74, 6) is -0.948. The third kappa shape index (κ3) is 4.42. The summed E-state index contributed by atoms with van der Waals surface area (Å²) in [7, 11) is 0. The molecule has 21 heavy (non-hydrogen) atoms. The van der Waals surface area contributed by atoms with Gasteiger partial charge in [0.2, 0.25) is 0 Å². The summed E-state index contributed by atoms with van der Waals surface area (Å²) in [5.41, 5.74) is 2.84. The minimum Gasteiger partial charge on any atom is -0.452 e. The highest BCUT2D eigenvalue weighted by Gasteiger charge is 2.10. The van der Waals surface area contributed by atoms with E-state index < -0.39 is 5.97 Å². The van der Waals surface area contributed by atoms with Crippen LogP contribution in [0.2, 0.25) is 0 Å². The number of carbonyl (C=O) groups is 2. The molecule has 1 aromatic heterocycles. The molecule has 5 nitrogen and oxygen atoms in total. The molecule has 0 fully saturated rings. The van der Waals surface area contributed by atoms with E-state index in [2.05, 4.69) is 10.3 Å². The molecule has 1 heterocycles. The Labute approximate surface area is 123 Å². The average molecular weight is 284 g/mol. The second-order valence-corrected chi connectivity index (χ2v) is 4.68. The third-order valence-corrected chi connectivity index (χ3v) is 2.78. The van der Waals surface area contributed by atoms with Crippen molar-refractivity contribution in [1.29, 1.82) is 0 Å². The van der Waals surface area contributed by atoms with Crippen molar-refractivity contribution in [1.82, 2.24) is 4.98 Å². The number of pyridine rings is 1. The molecular weight excluding hydrogens is 268 g/mol. The maximum atomic E-state index is 11.7. The molecule has 0 aliphatic rings. The first-order chi connectivity index (χ1) is 10.0. The predicted molar refractivity (Wildman–Crippen MR) is 79.1 cm³/mol. The summed E-state index contributed by atoms with van der Waals surface area (Å²) >= 11 is 0. The van der Waals surface area contributed by atoms with E-state index in [1.54, 1.807) is 18.2 Å². The summed E-state index contributed by atoms with van der Waals surface area (Å²) in [6.45, 7) is 3.42. The van der Waals surface area contributed by atoms with E-state index in [1.807, 2.05) is 32.0 Å². The molecule has 0 radical (unpaired) electrons. The molecule has 0 saturated heterocycles. The lowest BCUT2D eigenvalue weighted by molar-refractivity contribution is -0.119. The van der Waals surface area contributed by atoms with E-state index >= 15 is 0 Å². The van der Waals surface area contributed by atoms with Crippen molar-refractivity contribution in [2.75, 3.05) is 11.9 Å². The Balaban J connectivity index is 1.86. The van der Waals surface area contributed by atoms with Crippen LogP contribution in [0.15, 0.2) is 42.6 Å². The van der Waals surface area contributed by atoms with Gasteiger partial charge in [-0.2, -0.15) is 0 Å². The Hall–Kier alpha value is -2.69. The highest BCUT2D eigenvalue weighted by atomic mass is 16.5. The van der Waals surface area contributed by atoms with Crippen LogP contribution in [-0.4, -0.2) is 23.5 Å². The first-order valence-corrected chi connectivity index (χ1v) is 6.51. The fraction of sp³-hybridized carbons (Fsp3) is 0.188. The molecule has 2 aromatic rings. The van der Waals surface area contributed by atoms with Crippen LogP contribution in [0.3, 0.4) is 0 Å². The van der Waals surface area contributed by atoms with Crippen molar-refractivity contribution in [3.8, 4) is 0 Å². The number of hydrogen-bond donors (Lipinski definition) is 1. The zero-order valence-corrected chi connectivity index (χ0v) is 11.9. The van der Waals surface area contributed by atoms with E-state index in [0.717, 1.165) is 11.3 Å². The molecular formula is C16H16N2O3. The number of ether oxygens (including phenoxy) is 1. The molecule has 0 aliphatic heterocycles. The number of hydrogen-bond acceptors (Lipinski definition) is 4. The van der Waals surface area contributed by atoms with E-state index in [9.17, 15) is 9.59 Å². The van der Waals surface area contributed by atoms with Crippen LogP contribution in [0, 0.1) is 13.8 Å². The van der Waals surface area contributed by atoms with Gasteiger partial charge in [0.05, 0.1) is 5.56 Å². The standard InChI is InChI=1S/C16H16N2O3/c1-11-4-3-5-14(8-11)18-15(19)10-21-16(20)13-7-6-12(2)17-9-13/h3-9H,10H2,1-2H3,(H,18,19). The summed E-state index contributed by atoms with van der Waals surface area (Å²) in [6, 6.07) is 10.7. The van der Waals surface area contributed by atoms with Crippen molar-refractivity contribution < 1.29 is 14.3 Å². The molecule has 0 atom stereocenters. The molecule has 1 amide bonds. The average Bonchev–Trinajstić information content (AvgIpc) is 2.45. The molecule has 108 valence electrons. The maximum Gasteiger partial charge on any atom is 0.340 e. The van der Waals surface area contributed by atoms with Crippen LogP contribution in [0.4, 0.5) is 5.69 Å². The number of aryl methyl sites for hydroxylation is 2. The second kappa shape index (κ2) is 6.65. The van der Waals surface area contributed by atoms with Gasteiger partial charge in [0.15, 0.2) is 6.61 Å². The highest BCUT2D eigenvalue weighted by molar-refractivity contribution is 5.95. The molecule has 5 heteroatoms. The lowest BCUT2D eigenvalue weighted by Crippen LogP contribution is -2.21. The van der Waals surface area contributed by atoms with Gasteiger partial charge in [-0.3, -0.25) is 9.78 Å². The fourth-order valence-electron chi connectivity index (χ4n) is 1.72. The molecule has 0 spiro atoms. The van der Waals surface area contributed by atoms with Crippen LogP contribution in [-0.2, 0) is 9.53 Å². The summed E-state index contributed by atoms with van der Waals surface area (Å²) < 4.78 is 4.94. The number of nitrogens with zero attached hydrogens (tertiary/aromatic N) is 1. The predicted octanol–water partition coefficient (Wildman–Crippen LogP) is 2.49. The fourth-order valence-corrected chi connectivity index (χ4v) is 1.72. The number of aromatic nitrogens is 1. The molecule has 1 N–H and O–H groups in total. The zero-order chi connectivity index (χ0) is 15.2. The van der Waals surface area contributed by atoms with Gasteiger partial charge in [0, 0.05) is 17.6 Å². The van der Waals surface area contributed by atoms with Crippen LogP contribution >= 0.6 is 0 Å². The monoisotopic (exact) mass is 284 g/mol. The third-order valence-electron chi connectivity index (χ3n) is 2.78. The first-order valence-electron chi connectivity index (χ1n) is 6.51. The van der Waals surface area contributed by atoms with Gasteiger partial charge in [0.25, 0.3) is 5.91 Å². The summed E-state index contributed by atoms with van der Waals surface area (Å²) in [6.07, 6.45) is 1.43. The normalized spacial score (nSPS) is 10.0. The topological polar surface area (TPSA) is 68.3 Å². The molecule has 0 saturated carbocycles. The number of nitrogens with one attached hydrogen (secondary N) is 1. The SMILES string of the molecule is Cc1cccc(NC(=O)COC(=O)c2ccc(C)nc2)c1. The maximum absolute atomic E-state index is 11.7. The molecule has 2 rings (SSSR count).